The summed E-state index contributed by atoms with van der Waals surface area (Å²) in [6.07, 6.45) is 6.29. The minimum atomic E-state index is 0.396. The Balaban J connectivity index is 1.60. The monoisotopic (exact) mass is 338 g/mol. The zero-order chi connectivity index (χ0) is 17.1. The van der Waals surface area contributed by atoms with Crippen molar-refractivity contribution in [1.82, 2.24) is 24.9 Å². The number of hydrogen-bond acceptors (Lipinski definition) is 6. The zero-order valence-corrected chi connectivity index (χ0v) is 14.4. The van der Waals surface area contributed by atoms with Crippen molar-refractivity contribution in [3.8, 4) is 23.1 Å². The highest BCUT2D eigenvalue weighted by molar-refractivity contribution is 5.57. The summed E-state index contributed by atoms with van der Waals surface area (Å²) in [6.45, 7) is 2.04. The second-order valence-corrected chi connectivity index (χ2v) is 6.43. The summed E-state index contributed by atoms with van der Waals surface area (Å²) < 4.78 is 7.38. The molecule has 1 saturated heterocycles. The lowest BCUT2D eigenvalue weighted by Gasteiger charge is -2.25. The van der Waals surface area contributed by atoms with E-state index in [-0.39, 0.29) is 0 Å². The molecular formula is C18H22N6O. The Hall–Kier alpha value is -2.70. The number of hydrogen-bond donors (Lipinski definition) is 0. The van der Waals surface area contributed by atoms with Gasteiger partial charge in [0.15, 0.2) is 0 Å². The van der Waals surface area contributed by atoms with Crippen molar-refractivity contribution < 1.29 is 4.52 Å². The molecule has 1 fully saturated rings. The molecule has 7 nitrogen and oxygen atoms in total. The predicted molar refractivity (Wildman–Crippen MR) is 95.0 cm³/mol. The van der Waals surface area contributed by atoms with Gasteiger partial charge in [-0.15, -0.1) is 10.2 Å². The number of rotatable bonds is 3. The summed E-state index contributed by atoms with van der Waals surface area (Å²) in [7, 11) is 1.95. The van der Waals surface area contributed by atoms with Crippen molar-refractivity contribution >= 4 is 5.95 Å². The fraction of sp³-hybridized carbons (Fsp3) is 0.444. The van der Waals surface area contributed by atoms with Crippen LogP contribution in [0.3, 0.4) is 0 Å². The Kier molecular flexibility index (Phi) is 4.45. The van der Waals surface area contributed by atoms with E-state index in [0.29, 0.717) is 17.5 Å². The highest BCUT2D eigenvalue weighted by Gasteiger charge is 2.21. The van der Waals surface area contributed by atoms with Gasteiger partial charge in [0.2, 0.25) is 17.6 Å². The van der Waals surface area contributed by atoms with Crippen LogP contribution in [0.5, 0.6) is 0 Å². The van der Waals surface area contributed by atoms with Crippen LogP contribution in [0, 0.1) is 0 Å². The van der Waals surface area contributed by atoms with Crippen LogP contribution in [-0.2, 0) is 7.05 Å². The van der Waals surface area contributed by atoms with Crippen molar-refractivity contribution in [2.45, 2.75) is 32.1 Å². The lowest BCUT2D eigenvalue weighted by atomic mass is 10.1. The molecule has 130 valence electrons. The van der Waals surface area contributed by atoms with E-state index in [1.54, 1.807) is 0 Å². The fourth-order valence-electron chi connectivity index (χ4n) is 3.25. The molecule has 25 heavy (non-hydrogen) atoms. The normalized spacial score (nSPS) is 15.8. The van der Waals surface area contributed by atoms with Gasteiger partial charge >= 0.3 is 0 Å². The van der Waals surface area contributed by atoms with Crippen LogP contribution in [0.2, 0.25) is 0 Å². The molecule has 3 heterocycles. The first-order chi connectivity index (χ1) is 12.3. The highest BCUT2D eigenvalue weighted by Crippen LogP contribution is 2.24. The summed E-state index contributed by atoms with van der Waals surface area (Å²) in [6, 6.07) is 9.78. The molecule has 0 aliphatic carbocycles. The van der Waals surface area contributed by atoms with Gasteiger partial charge in [0, 0.05) is 25.7 Å². The van der Waals surface area contributed by atoms with Gasteiger partial charge < -0.3 is 9.42 Å². The van der Waals surface area contributed by atoms with E-state index >= 15 is 0 Å². The second-order valence-electron chi connectivity index (χ2n) is 6.43. The van der Waals surface area contributed by atoms with Crippen molar-refractivity contribution in [2.75, 3.05) is 18.0 Å². The maximum absolute atomic E-state index is 5.43. The minimum Gasteiger partial charge on any atom is -0.341 e. The number of nitrogens with zero attached hydrogens (tertiary/aromatic N) is 6. The third-order valence-electron chi connectivity index (χ3n) is 4.64. The molecule has 0 N–H and O–H groups in total. The smallest absolute Gasteiger partial charge is 0.296 e. The molecule has 4 rings (SSSR count). The summed E-state index contributed by atoms with van der Waals surface area (Å²) in [4.78, 5) is 6.79. The van der Waals surface area contributed by atoms with Crippen molar-refractivity contribution in [3.05, 3.63) is 30.3 Å². The van der Waals surface area contributed by atoms with Crippen LogP contribution in [0.15, 0.2) is 34.9 Å². The molecule has 1 aromatic carbocycles. The molecule has 0 atom stereocenters. The molecule has 7 heteroatoms. The molecule has 0 spiro atoms. The summed E-state index contributed by atoms with van der Waals surface area (Å²) in [5.41, 5.74) is 0.920. The maximum atomic E-state index is 5.43. The highest BCUT2D eigenvalue weighted by atomic mass is 16.5. The van der Waals surface area contributed by atoms with Gasteiger partial charge in [-0.05, 0) is 12.8 Å². The average molecular weight is 338 g/mol. The van der Waals surface area contributed by atoms with Gasteiger partial charge in [-0.3, -0.25) is 4.57 Å². The van der Waals surface area contributed by atoms with Crippen molar-refractivity contribution in [2.24, 2.45) is 7.05 Å². The number of anilines is 1. The second kappa shape index (κ2) is 7.04. The van der Waals surface area contributed by atoms with Gasteiger partial charge in [-0.25, -0.2) is 0 Å². The first-order valence-corrected chi connectivity index (χ1v) is 8.87. The Morgan fingerprint density at radius 2 is 1.64 bits per heavy atom. The van der Waals surface area contributed by atoms with E-state index in [1.165, 1.54) is 32.1 Å². The van der Waals surface area contributed by atoms with Gasteiger partial charge in [0.1, 0.15) is 0 Å². The van der Waals surface area contributed by atoms with E-state index in [9.17, 15) is 0 Å². The maximum Gasteiger partial charge on any atom is 0.296 e. The minimum absolute atomic E-state index is 0.396. The van der Waals surface area contributed by atoms with Crippen LogP contribution in [0.1, 0.15) is 32.1 Å². The molecular weight excluding hydrogens is 316 g/mol. The quantitative estimate of drug-likeness (QED) is 0.729. The molecule has 0 amide bonds. The average Bonchev–Trinajstić information content (AvgIpc) is 3.23. The molecule has 0 radical (unpaired) electrons. The van der Waals surface area contributed by atoms with Crippen LogP contribution in [0.4, 0.5) is 5.95 Å². The van der Waals surface area contributed by atoms with Crippen LogP contribution >= 0.6 is 0 Å². The standard InChI is InChI=1S/C18H22N6O/c1-23-16(17-19-15(22-25-17)14-10-6-5-7-11-14)20-21-18(23)24-12-8-3-2-4-9-13-24/h5-7,10-11H,2-4,8-9,12-13H2,1H3. The first kappa shape index (κ1) is 15.8. The summed E-state index contributed by atoms with van der Waals surface area (Å²) in [5, 5.41) is 12.8. The van der Waals surface area contributed by atoms with E-state index in [1.807, 2.05) is 41.9 Å². The SMILES string of the molecule is Cn1c(-c2nc(-c3ccccc3)no2)nnc1N1CCCCCCC1. The predicted octanol–water partition coefficient (Wildman–Crippen LogP) is 3.30. The topological polar surface area (TPSA) is 72.9 Å². The number of aromatic nitrogens is 5. The molecule has 3 aromatic rings. The fourth-order valence-corrected chi connectivity index (χ4v) is 3.25. The van der Waals surface area contributed by atoms with E-state index in [0.717, 1.165) is 24.6 Å². The molecule has 1 aliphatic heterocycles. The Bertz CT molecular complexity index is 817. The Labute approximate surface area is 146 Å². The van der Waals surface area contributed by atoms with Crippen LogP contribution in [0.25, 0.3) is 23.1 Å². The number of benzene rings is 1. The van der Waals surface area contributed by atoms with Gasteiger partial charge in [0.05, 0.1) is 0 Å². The van der Waals surface area contributed by atoms with Crippen molar-refractivity contribution in [3.63, 3.8) is 0 Å². The van der Waals surface area contributed by atoms with E-state index in [4.69, 9.17) is 4.52 Å². The first-order valence-electron chi connectivity index (χ1n) is 8.87. The third-order valence-corrected chi connectivity index (χ3v) is 4.64. The Morgan fingerprint density at radius 1 is 0.920 bits per heavy atom. The molecule has 0 unspecified atom stereocenters. The van der Waals surface area contributed by atoms with E-state index in [2.05, 4.69) is 25.2 Å². The van der Waals surface area contributed by atoms with Gasteiger partial charge in [-0.2, -0.15) is 4.98 Å². The van der Waals surface area contributed by atoms with Gasteiger partial charge in [0.25, 0.3) is 5.89 Å². The molecule has 2 aromatic heterocycles. The molecule has 1 aliphatic rings. The van der Waals surface area contributed by atoms with Crippen LogP contribution in [-0.4, -0.2) is 38.0 Å². The van der Waals surface area contributed by atoms with E-state index < -0.39 is 0 Å². The summed E-state index contributed by atoms with van der Waals surface area (Å²) in [5.74, 6) is 2.43. The lowest BCUT2D eigenvalue weighted by Crippen LogP contribution is -2.29. The zero-order valence-electron chi connectivity index (χ0n) is 14.4. The Morgan fingerprint density at radius 3 is 2.40 bits per heavy atom. The van der Waals surface area contributed by atoms with Crippen LogP contribution < -0.4 is 4.90 Å². The summed E-state index contributed by atoms with van der Waals surface area (Å²) >= 11 is 0. The van der Waals surface area contributed by atoms with Crippen molar-refractivity contribution in [1.29, 1.82) is 0 Å². The molecule has 0 saturated carbocycles. The third kappa shape index (κ3) is 3.26. The largest absolute Gasteiger partial charge is 0.341 e. The van der Waals surface area contributed by atoms with Gasteiger partial charge in [-0.1, -0.05) is 54.8 Å². The lowest BCUT2D eigenvalue weighted by molar-refractivity contribution is 0.428. The molecule has 0 bridgehead atoms.